The molecule has 0 saturated heterocycles. The summed E-state index contributed by atoms with van der Waals surface area (Å²) < 4.78 is 0. The predicted octanol–water partition coefficient (Wildman–Crippen LogP) is 0.354. The van der Waals surface area contributed by atoms with E-state index in [0.29, 0.717) is 0 Å². The number of hydrogen-bond acceptors (Lipinski definition) is 4. The molecular formula is C8H20N4. The predicted molar refractivity (Wildman–Crippen MR) is 57.5 cm³/mol. The van der Waals surface area contributed by atoms with Crippen LogP contribution in [0.15, 0.2) is 51.1 Å². The van der Waals surface area contributed by atoms with Gasteiger partial charge >= 0.3 is 0 Å². The van der Waals surface area contributed by atoms with E-state index in [-0.39, 0.29) is 11.6 Å². The lowest BCUT2D eigenvalue weighted by Crippen LogP contribution is -2.22. The highest BCUT2D eigenvalue weighted by Crippen LogP contribution is 1.62. The van der Waals surface area contributed by atoms with E-state index in [1.165, 1.54) is 0 Å². The van der Waals surface area contributed by atoms with Gasteiger partial charge in [0, 0.05) is 0 Å². The molecular weight excluding hydrogens is 152 g/mol. The molecule has 0 aromatic rings. The third kappa shape index (κ3) is 89.7. The van der Waals surface area contributed by atoms with E-state index in [1.54, 1.807) is 0 Å². The van der Waals surface area contributed by atoms with Crippen molar-refractivity contribution in [2.75, 3.05) is 0 Å². The minimum atomic E-state index is -0.0185. The summed E-state index contributed by atoms with van der Waals surface area (Å²) in [5, 5.41) is 0. The van der Waals surface area contributed by atoms with Crippen molar-refractivity contribution in [2.45, 2.75) is 0 Å². The van der Waals surface area contributed by atoms with Gasteiger partial charge in [0.05, 0.1) is 0 Å². The zero-order valence-electron chi connectivity index (χ0n) is 7.55. The summed E-state index contributed by atoms with van der Waals surface area (Å²) in [5.41, 5.74) is 19.4. The Bertz CT molecular complexity index is 86.9. The Labute approximate surface area is 74.9 Å². The average molecular weight is 172 g/mol. The first-order chi connectivity index (χ1) is 5.64. The second-order valence-corrected chi connectivity index (χ2v) is 0.911. The molecule has 0 aliphatic heterocycles. The van der Waals surface area contributed by atoms with Crippen LogP contribution in [0.3, 0.4) is 0 Å². The van der Waals surface area contributed by atoms with Crippen molar-refractivity contribution in [3.05, 3.63) is 51.1 Å². The lowest BCUT2D eigenvalue weighted by molar-refractivity contribution is 1.09. The van der Waals surface area contributed by atoms with Crippen molar-refractivity contribution in [2.24, 2.45) is 22.9 Å². The van der Waals surface area contributed by atoms with Gasteiger partial charge < -0.3 is 22.9 Å². The summed E-state index contributed by atoms with van der Waals surface area (Å²) in [4.78, 5) is 0. The number of hydrogen-bond donors (Lipinski definition) is 4. The van der Waals surface area contributed by atoms with Gasteiger partial charge in [-0.3, -0.25) is 0 Å². The van der Waals surface area contributed by atoms with Gasteiger partial charge in [-0.15, -0.1) is 39.5 Å². The molecule has 0 atom stereocenters. The second kappa shape index (κ2) is 35.2. The second-order valence-electron chi connectivity index (χ2n) is 0.911. The third-order valence-electron chi connectivity index (χ3n) is 0.333. The molecule has 0 bridgehead atoms. The van der Waals surface area contributed by atoms with Crippen LogP contribution in [0.2, 0.25) is 0 Å². The Hall–Kier alpha value is -1.84. The first-order valence-corrected chi connectivity index (χ1v) is 2.90. The van der Waals surface area contributed by atoms with Crippen LogP contribution in [-0.4, -0.2) is 0 Å². The average Bonchev–Trinajstić information content (AvgIpc) is 2.14. The summed E-state index contributed by atoms with van der Waals surface area (Å²) in [6.07, 6.45) is 0. The largest absolute Gasteiger partial charge is 0.383 e. The van der Waals surface area contributed by atoms with Crippen molar-refractivity contribution in [3.63, 3.8) is 0 Å². The molecule has 4 nitrogen and oxygen atoms in total. The van der Waals surface area contributed by atoms with Crippen LogP contribution in [-0.2, 0) is 0 Å². The molecule has 8 N–H and O–H groups in total. The van der Waals surface area contributed by atoms with Crippen LogP contribution in [0.4, 0.5) is 0 Å². The van der Waals surface area contributed by atoms with Crippen molar-refractivity contribution in [1.82, 2.24) is 0 Å². The van der Waals surface area contributed by atoms with E-state index in [9.17, 15) is 0 Å². The van der Waals surface area contributed by atoms with Gasteiger partial charge in [-0.1, -0.05) is 0 Å². The maximum absolute atomic E-state index is 4.84. The van der Waals surface area contributed by atoms with Gasteiger partial charge in [0.2, 0.25) is 0 Å². The van der Waals surface area contributed by atoms with Gasteiger partial charge in [-0.25, -0.2) is 0 Å². The van der Waals surface area contributed by atoms with Gasteiger partial charge in [0.15, 0.2) is 0 Å². The fraction of sp³-hybridized carbons (Fsp3) is 0. The molecule has 0 aliphatic rings. The Balaban J connectivity index is -0.0000000453. The van der Waals surface area contributed by atoms with E-state index < -0.39 is 0 Å². The Morgan fingerprint density at radius 1 is 0.500 bits per heavy atom. The summed E-state index contributed by atoms with van der Waals surface area (Å²) in [7, 11) is 0. The SMILES string of the molecule is C=C.C=C.C=C.NC(N)=C(N)N. The first-order valence-electron chi connectivity index (χ1n) is 2.90. The minimum Gasteiger partial charge on any atom is -0.383 e. The van der Waals surface area contributed by atoms with Crippen molar-refractivity contribution >= 4 is 0 Å². The normalized spacial score (nSPS) is 4.67. The highest BCUT2D eigenvalue weighted by molar-refractivity contribution is 4.96. The molecule has 0 radical (unpaired) electrons. The number of nitrogens with two attached hydrogens (primary N) is 4. The zero-order chi connectivity index (χ0) is 11.2. The van der Waals surface area contributed by atoms with Crippen LogP contribution in [0.25, 0.3) is 0 Å². The summed E-state index contributed by atoms with van der Waals surface area (Å²) in [6, 6.07) is 0. The van der Waals surface area contributed by atoms with Crippen LogP contribution in [0, 0.1) is 0 Å². The quantitative estimate of drug-likeness (QED) is 0.396. The molecule has 0 aromatic heterocycles. The molecule has 0 aromatic carbocycles. The molecule has 0 spiro atoms. The third-order valence-corrected chi connectivity index (χ3v) is 0.333. The van der Waals surface area contributed by atoms with E-state index in [2.05, 4.69) is 39.5 Å². The van der Waals surface area contributed by atoms with Crippen molar-refractivity contribution in [3.8, 4) is 0 Å². The monoisotopic (exact) mass is 172 g/mol. The van der Waals surface area contributed by atoms with E-state index in [4.69, 9.17) is 22.9 Å². The lowest BCUT2D eigenvalue weighted by atomic mass is 10.7. The Kier molecular flexibility index (Phi) is 66.0. The standard InChI is InChI=1S/C2H8N4.3C2H4/c3-1(4)2(5)6;3*1-2/h3-6H2;3*1-2H2. The maximum Gasteiger partial charge on any atom is 0.134 e. The fourth-order valence-electron chi connectivity index (χ4n) is 0. The van der Waals surface area contributed by atoms with E-state index in [0.717, 1.165) is 0 Å². The molecule has 72 valence electrons. The lowest BCUT2D eigenvalue weighted by Gasteiger charge is -1.89. The maximum atomic E-state index is 4.84. The molecule has 12 heavy (non-hydrogen) atoms. The first kappa shape index (κ1) is 22.5. The topological polar surface area (TPSA) is 104 Å². The van der Waals surface area contributed by atoms with Gasteiger partial charge in [-0.05, 0) is 0 Å². The minimum absolute atomic E-state index is 0.0185. The van der Waals surface area contributed by atoms with Gasteiger partial charge in [0.1, 0.15) is 11.6 Å². The zero-order valence-corrected chi connectivity index (χ0v) is 7.55. The van der Waals surface area contributed by atoms with Gasteiger partial charge in [0.25, 0.3) is 0 Å². The highest BCUT2D eigenvalue weighted by Gasteiger charge is 1.77. The number of rotatable bonds is 0. The van der Waals surface area contributed by atoms with Crippen LogP contribution in [0.1, 0.15) is 0 Å². The van der Waals surface area contributed by atoms with Crippen molar-refractivity contribution < 1.29 is 0 Å². The molecule has 0 fully saturated rings. The smallest absolute Gasteiger partial charge is 0.134 e. The van der Waals surface area contributed by atoms with E-state index >= 15 is 0 Å². The molecule has 4 heteroatoms. The highest BCUT2D eigenvalue weighted by atomic mass is 14.9. The van der Waals surface area contributed by atoms with E-state index in [1.807, 2.05) is 0 Å². The van der Waals surface area contributed by atoms with Gasteiger partial charge in [-0.2, -0.15) is 0 Å². The molecule has 0 aliphatic carbocycles. The molecule has 0 heterocycles. The molecule has 0 rings (SSSR count). The van der Waals surface area contributed by atoms with Crippen molar-refractivity contribution in [1.29, 1.82) is 0 Å². The molecule has 0 amide bonds. The Morgan fingerprint density at radius 3 is 0.583 bits per heavy atom. The fourth-order valence-corrected chi connectivity index (χ4v) is 0. The van der Waals surface area contributed by atoms with Crippen LogP contribution < -0.4 is 22.9 Å². The Morgan fingerprint density at radius 2 is 0.583 bits per heavy atom. The molecule has 0 saturated carbocycles. The summed E-state index contributed by atoms with van der Waals surface area (Å²) in [5.74, 6) is -0.0370. The molecule has 0 unspecified atom stereocenters. The summed E-state index contributed by atoms with van der Waals surface area (Å²) in [6.45, 7) is 18.0. The van der Waals surface area contributed by atoms with Crippen LogP contribution in [0.5, 0.6) is 0 Å². The summed E-state index contributed by atoms with van der Waals surface area (Å²) >= 11 is 0. The van der Waals surface area contributed by atoms with Crippen LogP contribution >= 0.6 is 0 Å².